The first-order valence-electron chi connectivity index (χ1n) is 8.27. The smallest absolute Gasteiger partial charge is 0.275 e. The van der Waals surface area contributed by atoms with Crippen molar-refractivity contribution >= 4 is 16.7 Å². The molecule has 0 radical (unpaired) electrons. The van der Waals surface area contributed by atoms with Crippen LogP contribution in [0.3, 0.4) is 0 Å². The molecule has 0 atom stereocenters. The Balaban J connectivity index is 1.62. The van der Waals surface area contributed by atoms with Crippen LogP contribution in [0, 0.1) is 12.3 Å². The average molecular weight is 361 g/mol. The summed E-state index contributed by atoms with van der Waals surface area (Å²) in [6.07, 6.45) is 5.32. The van der Waals surface area contributed by atoms with Crippen molar-refractivity contribution in [2.75, 3.05) is 6.79 Å². The molecular weight excluding hydrogens is 346 g/mol. The molecule has 1 aromatic heterocycles. The number of aromatic nitrogens is 2. The molecule has 0 fully saturated rings. The highest BCUT2D eigenvalue weighted by Gasteiger charge is 2.17. The number of terminal acetylenes is 1. The first kappa shape index (κ1) is 16.7. The molecule has 0 bridgehead atoms. The second kappa shape index (κ2) is 6.84. The van der Waals surface area contributed by atoms with Crippen LogP contribution in [0.4, 0.5) is 0 Å². The fraction of sp³-hybridized carbons (Fsp3) is 0.150. The van der Waals surface area contributed by atoms with Crippen molar-refractivity contribution < 1.29 is 14.3 Å². The highest BCUT2D eigenvalue weighted by Crippen LogP contribution is 2.32. The second-order valence-electron chi connectivity index (χ2n) is 5.91. The lowest BCUT2D eigenvalue weighted by atomic mass is 10.1. The first-order valence-corrected chi connectivity index (χ1v) is 8.27. The first-order chi connectivity index (χ1) is 13.2. The van der Waals surface area contributed by atoms with Crippen LogP contribution in [0.2, 0.25) is 0 Å². The minimum absolute atomic E-state index is 0.0623. The number of hydrogen-bond acceptors (Lipinski definition) is 5. The van der Waals surface area contributed by atoms with E-state index in [0.717, 1.165) is 0 Å². The van der Waals surface area contributed by atoms with Gasteiger partial charge in [-0.2, -0.15) is 5.10 Å². The highest BCUT2D eigenvalue weighted by atomic mass is 16.7. The van der Waals surface area contributed by atoms with E-state index in [1.807, 2.05) is 6.07 Å². The van der Waals surface area contributed by atoms with E-state index in [0.29, 0.717) is 33.5 Å². The van der Waals surface area contributed by atoms with E-state index in [9.17, 15) is 9.59 Å². The SMILES string of the molecule is C#CCn1nc(CNC(=O)c2ccc3c(c2)OCO3)c2ccccc2c1=O. The largest absolute Gasteiger partial charge is 0.454 e. The zero-order chi connectivity index (χ0) is 18.8. The summed E-state index contributed by atoms with van der Waals surface area (Å²) >= 11 is 0. The summed E-state index contributed by atoms with van der Waals surface area (Å²) in [6.45, 7) is 0.360. The number of rotatable bonds is 4. The van der Waals surface area contributed by atoms with Gasteiger partial charge in [0.05, 0.1) is 17.6 Å². The van der Waals surface area contributed by atoms with Gasteiger partial charge in [0, 0.05) is 10.9 Å². The van der Waals surface area contributed by atoms with E-state index >= 15 is 0 Å². The van der Waals surface area contributed by atoms with Gasteiger partial charge in [0.1, 0.15) is 6.54 Å². The van der Waals surface area contributed by atoms with E-state index in [2.05, 4.69) is 16.3 Å². The van der Waals surface area contributed by atoms with Crippen molar-refractivity contribution in [2.24, 2.45) is 0 Å². The van der Waals surface area contributed by atoms with Crippen molar-refractivity contribution in [1.82, 2.24) is 15.1 Å². The summed E-state index contributed by atoms with van der Waals surface area (Å²) in [5, 5.41) is 8.33. The normalized spacial score (nSPS) is 12.0. The standard InChI is InChI=1S/C20H15N3O4/c1-2-9-23-20(25)15-6-4-3-5-14(15)16(22-23)11-21-19(24)13-7-8-17-18(10-13)27-12-26-17/h1,3-8,10H,9,11-12H2,(H,21,24). The number of benzene rings is 2. The maximum atomic E-state index is 12.5. The van der Waals surface area contributed by atoms with Crippen molar-refractivity contribution in [1.29, 1.82) is 0 Å². The van der Waals surface area contributed by atoms with E-state index in [1.165, 1.54) is 4.68 Å². The zero-order valence-electron chi connectivity index (χ0n) is 14.3. The third-order valence-corrected chi connectivity index (χ3v) is 4.24. The van der Waals surface area contributed by atoms with E-state index in [4.69, 9.17) is 15.9 Å². The van der Waals surface area contributed by atoms with Gasteiger partial charge >= 0.3 is 0 Å². The van der Waals surface area contributed by atoms with Gasteiger partial charge in [-0.1, -0.05) is 24.1 Å². The van der Waals surface area contributed by atoms with Crippen LogP contribution in [0.5, 0.6) is 11.5 Å². The van der Waals surface area contributed by atoms with Gasteiger partial charge in [-0.15, -0.1) is 6.42 Å². The van der Waals surface area contributed by atoms with Crippen LogP contribution in [0.1, 0.15) is 16.1 Å². The molecule has 2 aromatic carbocycles. The number of hydrogen-bond donors (Lipinski definition) is 1. The Hall–Kier alpha value is -3.79. The van der Waals surface area contributed by atoms with Crippen LogP contribution >= 0.6 is 0 Å². The molecule has 1 aliphatic rings. The van der Waals surface area contributed by atoms with Crippen molar-refractivity contribution in [3.63, 3.8) is 0 Å². The molecule has 134 valence electrons. The minimum Gasteiger partial charge on any atom is -0.454 e. The maximum Gasteiger partial charge on any atom is 0.275 e. The van der Waals surface area contributed by atoms with Crippen LogP contribution in [0.15, 0.2) is 47.3 Å². The van der Waals surface area contributed by atoms with Crippen LogP contribution in [-0.2, 0) is 13.1 Å². The van der Waals surface area contributed by atoms with Gasteiger partial charge in [-0.25, -0.2) is 4.68 Å². The summed E-state index contributed by atoms with van der Waals surface area (Å²) in [7, 11) is 0. The Morgan fingerprint density at radius 1 is 1.19 bits per heavy atom. The molecule has 1 aliphatic heterocycles. The Morgan fingerprint density at radius 3 is 2.78 bits per heavy atom. The number of nitrogens with one attached hydrogen (secondary N) is 1. The monoisotopic (exact) mass is 361 g/mol. The van der Waals surface area contributed by atoms with Crippen molar-refractivity contribution in [2.45, 2.75) is 13.1 Å². The minimum atomic E-state index is -0.283. The summed E-state index contributed by atoms with van der Waals surface area (Å²) in [6, 6.07) is 12.1. The summed E-state index contributed by atoms with van der Waals surface area (Å²) in [5.74, 6) is 3.28. The molecule has 0 spiro atoms. The fourth-order valence-electron chi connectivity index (χ4n) is 2.93. The molecule has 0 saturated heterocycles. The van der Waals surface area contributed by atoms with Crippen LogP contribution in [-0.4, -0.2) is 22.5 Å². The molecular formula is C20H15N3O4. The molecule has 2 heterocycles. The van der Waals surface area contributed by atoms with Crippen LogP contribution < -0.4 is 20.3 Å². The fourth-order valence-corrected chi connectivity index (χ4v) is 2.93. The molecule has 1 N–H and O–H groups in total. The van der Waals surface area contributed by atoms with Gasteiger partial charge in [-0.3, -0.25) is 9.59 Å². The van der Waals surface area contributed by atoms with E-state index in [1.54, 1.807) is 36.4 Å². The Morgan fingerprint density at radius 2 is 1.96 bits per heavy atom. The lowest BCUT2D eigenvalue weighted by Crippen LogP contribution is -2.28. The molecule has 3 aromatic rings. The van der Waals surface area contributed by atoms with Gasteiger partial charge in [0.2, 0.25) is 6.79 Å². The average Bonchev–Trinajstić information content (AvgIpc) is 3.17. The predicted molar refractivity (Wildman–Crippen MR) is 98.6 cm³/mol. The molecule has 0 aliphatic carbocycles. The van der Waals surface area contributed by atoms with Crippen molar-refractivity contribution in [3.05, 3.63) is 64.1 Å². The Kier molecular flexibility index (Phi) is 4.22. The number of carbonyl (C=O) groups excluding carboxylic acids is 1. The second-order valence-corrected chi connectivity index (χ2v) is 5.91. The summed E-state index contributed by atoms with van der Waals surface area (Å²) in [5.41, 5.74) is 0.754. The lowest BCUT2D eigenvalue weighted by Gasteiger charge is -2.10. The Labute approximate surface area is 154 Å². The number of ether oxygens (including phenoxy) is 2. The summed E-state index contributed by atoms with van der Waals surface area (Å²) in [4.78, 5) is 24.9. The number of nitrogens with zero attached hydrogens (tertiary/aromatic N) is 2. The molecule has 27 heavy (non-hydrogen) atoms. The Bertz CT molecular complexity index is 1140. The van der Waals surface area contributed by atoms with E-state index in [-0.39, 0.29) is 31.3 Å². The molecule has 7 nitrogen and oxygen atoms in total. The quantitative estimate of drug-likeness (QED) is 0.715. The molecule has 0 saturated carbocycles. The molecule has 7 heteroatoms. The van der Waals surface area contributed by atoms with Gasteiger partial charge in [-0.05, 0) is 24.3 Å². The zero-order valence-corrected chi connectivity index (χ0v) is 14.3. The molecule has 4 rings (SSSR count). The summed E-state index contributed by atoms with van der Waals surface area (Å²) < 4.78 is 11.8. The third kappa shape index (κ3) is 3.09. The van der Waals surface area contributed by atoms with Crippen molar-refractivity contribution in [3.8, 4) is 23.8 Å². The predicted octanol–water partition coefficient (Wildman–Crippen LogP) is 1.69. The van der Waals surface area contributed by atoms with Crippen LogP contribution in [0.25, 0.3) is 10.8 Å². The molecule has 1 amide bonds. The number of fused-ring (bicyclic) bond motifs is 2. The maximum absolute atomic E-state index is 12.5. The third-order valence-electron chi connectivity index (χ3n) is 4.24. The highest BCUT2D eigenvalue weighted by molar-refractivity contribution is 5.95. The van der Waals surface area contributed by atoms with Gasteiger partial charge in [0.25, 0.3) is 11.5 Å². The van der Waals surface area contributed by atoms with E-state index < -0.39 is 0 Å². The van der Waals surface area contributed by atoms with Gasteiger partial charge < -0.3 is 14.8 Å². The number of amides is 1. The topological polar surface area (TPSA) is 82.5 Å². The molecule has 0 unspecified atom stereocenters. The lowest BCUT2D eigenvalue weighted by molar-refractivity contribution is 0.0950. The number of carbonyl (C=O) groups is 1. The van der Waals surface area contributed by atoms with Gasteiger partial charge in [0.15, 0.2) is 11.5 Å².